The highest BCUT2D eigenvalue weighted by atomic mass is 35.5. The zero-order valence-corrected chi connectivity index (χ0v) is 12.6. The number of rotatable bonds is 5. The molecule has 1 unspecified atom stereocenters. The summed E-state index contributed by atoms with van der Waals surface area (Å²) in [5, 5.41) is 3.90. The normalized spacial score (nSPS) is 12.3. The number of carbonyl (C=O) groups is 1. The lowest BCUT2D eigenvalue weighted by Gasteiger charge is -2.12. The number of hydrogen-bond acceptors (Lipinski definition) is 3. The molecule has 18 heavy (non-hydrogen) atoms. The number of amides is 1. The van der Waals surface area contributed by atoms with Crippen LogP contribution in [0.15, 0.2) is 12.1 Å². The third-order valence-electron chi connectivity index (χ3n) is 2.38. The molecule has 0 aliphatic carbocycles. The minimum atomic E-state index is -0.130. The van der Waals surface area contributed by atoms with E-state index in [4.69, 9.17) is 28.9 Å². The first kappa shape index (κ1) is 15.6. The fraction of sp³-hybridized carbons (Fsp3) is 0.417. The van der Waals surface area contributed by atoms with Gasteiger partial charge >= 0.3 is 0 Å². The lowest BCUT2D eigenvalue weighted by molar-refractivity contribution is -0.113. The van der Waals surface area contributed by atoms with Crippen molar-refractivity contribution in [1.29, 1.82) is 0 Å². The number of aryl methyl sites for hydroxylation is 1. The van der Waals surface area contributed by atoms with Gasteiger partial charge < -0.3 is 11.1 Å². The van der Waals surface area contributed by atoms with Gasteiger partial charge in [-0.2, -0.15) is 0 Å². The first-order valence-corrected chi connectivity index (χ1v) is 7.32. The van der Waals surface area contributed by atoms with Gasteiger partial charge in [-0.25, -0.2) is 0 Å². The van der Waals surface area contributed by atoms with Gasteiger partial charge in [0.2, 0.25) is 5.91 Å². The molecule has 0 aliphatic heterocycles. The van der Waals surface area contributed by atoms with Gasteiger partial charge in [0.05, 0.1) is 21.5 Å². The van der Waals surface area contributed by atoms with E-state index in [2.05, 4.69) is 5.32 Å². The SMILES string of the molecule is Cc1ccc(Cl)c(NC(=O)CSC(C)CN)c1Cl. The lowest BCUT2D eigenvalue weighted by atomic mass is 10.2. The Hall–Kier alpha value is -0.420. The van der Waals surface area contributed by atoms with Crippen molar-refractivity contribution in [2.24, 2.45) is 5.73 Å². The third-order valence-corrected chi connectivity index (χ3v) is 4.37. The summed E-state index contributed by atoms with van der Waals surface area (Å²) >= 11 is 13.6. The maximum absolute atomic E-state index is 11.8. The zero-order valence-electron chi connectivity index (χ0n) is 10.3. The predicted octanol–water partition coefficient (Wildman–Crippen LogP) is 3.32. The molecule has 100 valence electrons. The molecule has 6 heteroatoms. The van der Waals surface area contributed by atoms with Crippen LogP contribution in [0.4, 0.5) is 5.69 Å². The van der Waals surface area contributed by atoms with Gasteiger partial charge in [-0.1, -0.05) is 36.2 Å². The molecule has 0 saturated heterocycles. The average Bonchev–Trinajstić information content (AvgIpc) is 2.36. The Bertz CT molecular complexity index is 440. The van der Waals surface area contributed by atoms with Gasteiger partial charge in [-0.05, 0) is 18.6 Å². The maximum Gasteiger partial charge on any atom is 0.234 e. The zero-order chi connectivity index (χ0) is 13.7. The van der Waals surface area contributed by atoms with Crippen molar-refractivity contribution in [3.05, 3.63) is 27.7 Å². The lowest BCUT2D eigenvalue weighted by Crippen LogP contribution is -2.19. The highest BCUT2D eigenvalue weighted by Crippen LogP contribution is 2.32. The monoisotopic (exact) mass is 306 g/mol. The summed E-state index contributed by atoms with van der Waals surface area (Å²) in [6, 6.07) is 3.53. The molecule has 1 aromatic rings. The molecule has 1 aromatic carbocycles. The summed E-state index contributed by atoms with van der Waals surface area (Å²) in [5.41, 5.74) is 6.83. The number of halogens is 2. The van der Waals surface area contributed by atoms with E-state index in [0.29, 0.717) is 28.0 Å². The van der Waals surface area contributed by atoms with Crippen molar-refractivity contribution in [1.82, 2.24) is 0 Å². The Labute approximate surface area is 121 Å². The number of thioether (sulfide) groups is 1. The minimum Gasteiger partial charge on any atom is -0.329 e. The summed E-state index contributed by atoms with van der Waals surface area (Å²) in [6.07, 6.45) is 0. The largest absolute Gasteiger partial charge is 0.329 e. The Morgan fingerprint density at radius 1 is 1.50 bits per heavy atom. The minimum absolute atomic E-state index is 0.130. The first-order valence-electron chi connectivity index (χ1n) is 5.51. The quantitative estimate of drug-likeness (QED) is 0.877. The van der Waals surface area contributed by atoms with E-state index < -0.39 is 0 Å². The molecular formula is C12H16Cl2N2OS. The molecule has 0 aromatic heterocycles. The number of nitrogens with one attached hydrogen (secondary N) is 1. The van der Waals surface area contributed by atoms with Crippen LogP contribution in [0, 0.1) is 6.92 Å². The second-order valence-corrected chi connectivity index (χ2v) is 6.17. The van der Waals surface area contributed by atoms with Gasteiger partial charge in [-0.3, -0.25) is 4.79 Å². The number of anilines is 1. The number of hydrogen-bond donors (Lipinski definition) is 2. The molecule has 0 heterocycles. The molecule has 0 spiro atoms. The molecule has 0 saturated carbocycles. The fourth-order valence-electron chi connectivity index (χ4n) is 1.23. The first-order chi connectivity index (χ1) is 8.45. The van der Waals surface area contributed by atoms with Crippen molar-refractivity contribution < 1.29 is 4.79 Å². The molecule has 3 N–H and O–H groups in total. The summed E-state index contributed by atoms with van der Waals surface area (Å²) in [4.78, 5) is 11.8. The smallest absolute Gasteiger partial charge is 0.234 e. The van der Waals surface area contributed by atoms with E-state index in [0.717, 1.165) is 5.56 Å². The number of nitrogens with two attached hydrogens (primary N) is 1. The summed E-state index contributed by atoms with van der Waals surface area (Å²) < 4.78 is 0. The van der Waals surface area contributed by atoms with Crippen LogP contribution in [0.2, 0.25) is 10.0 Å². The Kier molecular flexibility index (Phi) is 6.29. The predicted molar refractivity (Wildman–Crippen MR) is 80.8 cm³/mol. The van der Waals surface area contributed by atoms with Crippen molar-refractivity contribution >= 4 is 46.6 Å². The molecule has 1 amide bonds. The van der Waals surface area contributed by atoms with Crippen LogP contribution in [0.3, 0.4) is 0 Å². The van der Waals surface area contributed by atoms with E-state index in [9.17, 15) is 4.79 Å². The van der Waals surface area contributed by atoms with Crippen LogP contribution < -0.4 is 11.1 Å². The highest BCUT2D eigenvalue weighted by Gasteiger charge is 2.12. The van der Waals surface area contributed by atoms with Crippen molar-refractivity contribution in [2.75, 3.05) is 17.6 Å². The van der Waals surface area contributed by atoms with Gasteiger partial charge in [0.15, 0.2) is 0 Å². The molecule has 1 atom stereocenters. The second-order valence-electron chi connectivity index (χ2n) is 3.96. The van der Waals surface area contributed by atoms with Crippen LogP contribution >= 0.6 is 35.0 Å². The van der Waals surface area contributed by atoms with E-state index in [1.807, 2.05) is 19.9 Å². The molecule has 0 aliphatic rings. The average molecular weight is 307 g/mol. The van der Waals surface area contributed by atoms with Crippen LogP contribution in [0.25, 0.3) is 0 Å². The molecule has 3 nitrogen and oxygen atoms in total. The van der Waals surface area contributed by atoms with Crippen LogP contribution in [0.5, 0.6) is 0 Å². The van der Waals surface area contributed by atoms with Crippen molar-refractivity contribution in [2.45, 2.75) is 19.1 Å². The Morgan fingerprint density at radius 2 is 2.17 bits per heavy atom. The van der Waals surface area contributed by atoms with Crippen LogP contribution in [-0.4, -0.2) is 23.5 Å². The number of carbonyl (C=O) groups excluding carboxylic acids is 1. The third kappa shape index (κ3) is 4.35. The van der Waals surface area contributed by atoms with Gasteiger partial charge in [0, 0.05) is 11.8 Å². The maximum atomic E-state index is 11.8. The standard InChI is InChI=1S/C12H16Cl2N2OS/c1-7-3-4-9(13)12(11(7)14)16-10(17)6-18-8(2)5-15/h3-4,8H,5-6,15H2,1-2H3,(H,16,17). The molecule has 0 fully saturated rings. The molecule has 0 radical (unpaired) electrons. The summed E-state index contributed by atoms with van der Waals surface area (Å²) in [7, 11) is 0. The van der Waals surface area contributed by atoms with E-state index in [-0.39, 0.29) is 11.2 Å². The summed E-state index contributed by atoms with van der Waals surface area (Å²) in [5.74, 6) is 0.202. The number of benzene rings is 1. The highest BCUT2D eigenvalue weighted by molar-refractivity contribution is 8.00. The van der Waals surface area contributed by atoms with Crippen molar-refractivity contribution in [3.8, 4) is 0 Å². The van der Waals surface area contributed by atoms with Gasteiger partial charge in [-0.15, -0.1) is 11.8 Å². The molecule has 0 bridgehead atoms. The van der Waals surface area contributed by atoms with Gasteiger partial charge in [0.1, 0.15) is 0 Å². The van der Waals surface area contributed by atoms with E-state index in [1.54, 1.807) is 6.07 Å². The molecular weight excluding hydrogens is 291 g/mol. The van der Waals surface area contributed by atoms with Gasteiger partial charge in [0.25, 0.3) is 0 Å². The molecule has 1 rings (SSSR count). The fourth-order valence-corrected chi connectivity index (χ4v) is 2.34. The van der Waals surface area contributed by atoms with Crippen LogP contribution in [-0.2, 0) is 4.79 Å². The Morgan fingerprint density at radius 3 is 2.78 bits per heavy atom. The van der Waals surface area contributed by atoms with Crippen molar-refractivity contribution in [3.63, 3.8) is 0 Å². The Balaban J connectivity index is 2.68. The summed E-state index contributed by atoms with van der Waals surface area (Å²) in [6.45, 7) is 4.38. The second kappa shape index (κ2) is 7.24. The van der Waals surface area contributed by atoms with Crippen LogP contribution in [0.1, 0.15) is 12.5 Å². The van der Waals surface area contributed by atoms with E-state index >= 15 is 0 Å². The topological polar surface area (TPSA) is 55.1 Å². The van der Waals surface area contributed by atoms with E-state index in [1.165, 1.54) is 11.8 Å².